The van der Waals surface area contributed by atoms with Gasteiger partial charge in [-0.2, -0.15) is 0 Å². The summed E-state index contributed by atoms with van der Waals surface area (Å²) in [7, 11) is 0. The van der Waals surface area contributed by atoms with Gasteiger partial charge in [-0.25, -0.2) is 4.39 Å². The molecule has 0 saturated heterocycles. The van der Waals surface area contributed by atoms with Crippen molar-refractivity contribution in [2.24, 2.45) is 0 Å². The first kappa shape index (κ1) is 13.9. The Labute approximate surface area is 135 Å². The molecule has 23 heavy (non-hydrogen) atoms. The standard InChI is InChI=1S/C19H11FO2S/c20-13-8-4-9-14-16(13)18(21)17(15-10-5-11-23-15)19(22-14)12-6-2-1-3-7-12/h1-11H. The first-order valence-corrected chi connectivity index (χ1v) is 7.98. The smallest absolute Gasteiger partial charge is 0.204 e. The van der Waals surface area contributed by atoms with Crippen LogP contribution in [0, 0.1) is 5.82 Å². The highest BCUT2D eigenvalue weighted by atomic mass is 32.1. The minimum absolute atomic E-state index is 0.00409. The van der Waals surface area contributed by atoms with E-state index in [2.05, 4.69) is 0 Å². The van der Waals surface area contributed by atoms with Gasteiger partial charge in [-0.05, 0) is 23.6 Å². The second-order valence-electron chi connectivity index (χ2n) is 5.09. The molecule has 2 heterocycles. The topological polar surface area (TPSA) is 30.2 Å². The SMILES string of the molecule is O=c1c(-c2cccs2)c(-c2ccccc2)oc2cccc(F)c12. The van der Waals surface area contributed by atoms with Crippen molar-refractivity contribution >= 4 is 22.3 Å². The fraction of sp³-hybridized carbons (Fsp3) is 0. The van der Waals surface area contributed by atoms with Crippen LogP contribution in [-0.2, 0) is 0 Å². The van der Waals surface area contributed by atoms with Gasteiger partial charge in [0.05, 0.1) is 5.56 Å². The van der Waals surface area contributed by atoms with E-state index in [1.165, 1.54) is 17.4 Å². The Hall–Kier alpha value is -2.72. The number of halogens is 1. The fourth-order valence-corrected chi connectivity index (χ4v) is 3.40. The van der Waals surface area contributed by atoms with Crippen LogP contribution >= 0.6 is 11.3 Å². The van der Waals surface area contributed by atoms with E-state index in [0.29, 0.717) is 11.3 Å². The highest BCUT2D eigenvalue weighted by Crippen LogP contribution is 2.34. The van der Waals surface area contributed by atoms with Crippen molar-refractivity contribution < 1.29 is 8.81 Å². The highest BCUT2D eigenvalue weighted by Gasteiger charge is 2.20. The van der Waals surface area contributed by atoms with Gasteiger partial charge in [0.2, 0.25) is 5.43 Å². The van der Waals surface area contributed by atoms with Crippen LogP contribution in [0.15, 0.2) is 75.3 Å². The molecule has 0 spiro atoms. The van der Waals surface area contributed by atoms with E-state index in [1.54, 1.807) is 12.1 Å². The lowest BCUT2D eigenvalue weighted by Gasteiger charge is -2.09. The molecule has 0 aliphatic heterocycles. The van der Waals surface area contributed by atoms with Gasteiger partial charge in [0.15, 0.2) is 0 Å². The molecule has 0 atom stereocenters. The van der Waals surface area contributed by atoms with Crippen LogP contribution in [-0.4, -0.2) is 0 Å². The minimum atomic E-state index is -0.561. The normalized spacial score (nSPS) is 11.0. The summed E-state index contributed by atoms with van der Waals surface area (Å²) >= 11 is 1.43. The Kier molecular flexibility index (Phi) is 3.32. The molecular weight excluding hydrogens is 311 g/mol. The molecule has 112 valence electrons. The first-order chi connectivity index (χ1) is 11.3. The second-order valence-corrected chi connectivity index (χ2v) is 6.04. The largest absolute Gasteiger partial charge is 0.455 e. The Morgan fingerprint density at radius 1 is 0.913 bits per heavy atom. The van der Waals surface area contributed by atoms with Gasteiger partial charge in [-0.15, -0.1) is 11.3 Å². The van der Waals surface area contributed by atoms with Crippen LogP contribution in [0.25, 0.3) is 32.7 Å². The Morgan fingerprint density at radius 3 is 2.48 bits per heavy atom. The third kappa shape index (κ3) is 2.28. The average Bonchev–Trinajstić information content (AvgIpc) is 3.09. The van der Waals surface area contributed by atoms with E-state index < -0.39 is 5.82 Å². The summed E-state index contributed by atoms with van der Waals surface area (Å²) in [6, 6.07) is 17.5. The zero-order chi connectivity index (χ0) is 15.8. The lowest BCUT2D eigenvalue weighted by molar-refractivity contribution is 0.606. The Morgan fingerprint density at radius 2 is 1.74 bits per heavy atom. The summed E-state index contributed by atoms with van der Waals surface area (Å²) < 4.78 is 20.1. The molecule has 4 rings (SSSR count). The summed E-state index contributed by atoms with van der Waals surface area (Å²) in [5, 5.41) is 1.88. The summed E-state index contributed by atoms with van der Waals surface area (Å²) in [6.07, 6.45) is 0. The van der Waals surface area contributed by atoms with Gasteiger partial charge in [0, 0.05) is 10.4 Å². The molecule has 4 heteroatoms. The van der Waals surface area contributed by atoms with Crippen molar-refractivity contribution in [3.63, 3.8) is 0 Å². The third-order valence-electron chi connectivity index (χ3n) is 3.67. The molecular formula is C19H11FO2S. The number of rotatable bonds is 2. The van der Waals surface area contributed by atoms with E-state index in [-0.39, 0.29) is 16.4 Å². The molecule has 0 fully saturated rings. The zero-order valence-electron chi connectivity index (χ0n) is 12.0. The van der Waals surface area contributed by atoms with E-state index >= 15 is 0 Å². The molecule has 0 aliphatic carbocycles. The molecule has 2 aromatic carbocycles. The molecule has 0 unspecified atom stereocenters. The molecule has 2 aromatic heterocycles. The van der Waals surface area contributed by atoms with Crippen LogP contribution in [0.5, 0.6) is 0 Å². The summed E-state index contributed by atoms with van der Waals surface area (Å²) in [5.74, 6) is -0.0928. The van der Waals surface area contributed by atoms with Crippen molar-refractivity contribution in [1.29, 1.82) is 0 Å². The van der Waals surface area contributed by atoms with Crippen LogP contribution in [0.4, 0.5) is 4.39 Å². The first-order valence-electron chi connectivity index (χ1n) is 7.10. The van der Waals surface area contributed by atoms with E-state index in [0.717, 1.165) is 10.4 Å². The lowest BCUT2D eigenvalue weighted by atomic mass is 10.0. The lowest BCUT2D eigenvalue weighted by Crippen LogP contribution is -2.08. The molecule has 0 bridgehead atoms. The molecule has 0 N–H and O–H groups in total. The number of hydrogen-bond acceptors (Lipinski definition) is 3. The van der Waals surface area contributed by atoms with Gasteiger partial charge in [0.1, 0.15) is 22.5 Å². The van der Waals surface area contributed by atoms with E-state index in [9.17, 15) is 9.18 Å². The van der Waals surface area contributed by atoms with Crippen LogP contribution in [0.3, 0.4) is 0 Å². The molecule has 0 radical (unpaired) electrons. The van der Waals surface area contributed by atoms with Crippen molar-refractivity contribution in [3.05, 3.63) is 82.1 Å². The van der Waals surface area contributed by atoms with Gasteiger partial charge in [0.25, 0.3) is 0 Å². The van der Waals surface area contributed by atoms with Gasteiger partial charge >= 0.3 is 0 Å². The van der Waals surface area contributed by atoms with E-state index in [1.807, 2.05) is 47.8 Å². The van der Waals surface area contributed by atoms with Gasteiger partial charge in [-0.3, -0.25) is 4.79 Å². The van der Waals surface area contributed by atoms with Crippen molar-refractivity contribution in [1.82, 2.24) is 0 Å². The van der Waals surface area contributed by atoms with Gasteiger partial charge < -0.3 is 4.42 Å². The molecule has 2 nitrogen and oxygen atoms in total. The maximum Gasteiger partial charge on any atom is 0.204 e. The fourth-order valence-electron chi connectivity index (χ4n) is 2.64. The van der Waals surface area contributed by atoms with Crippen LogP contribution in [0.2, 0.25) is 0 Å². The van der Waals surface area contributed by atoms with Crippen molar-refractivity contribution in [2.75, 3.05) is 0 Å². The molecule has 0 amide bonds. The highest BCUT2D eigenvalue weighted by molar-refractivity contribution is 7.13. The maximum atomic E-state index is 14.1. The predicted octanol–water partition coefficient (Wildman–Crippen LogP) is 5.33. The Balaban J connectivity index is 2.17. The minimum Gasteiger partial charge on any atom is -0.455 e. The monoisotopic (exact) mass is 322 g/mol. The van der Waals surface area contributed by atoms with Gasteiger partial charge in [-0.1, -0.05) is 42.5 Å². The van der Waals surface area contributed by atoms with E-state index in [4.69, 9.17) is 4.42 Å². The number of benzene rings is 2. The predicted molar refractivity (Wildman–Crippen MR) is 91.2 cm³/mol. The molecule has 0 saturated carbocycles. The summed E-state index contributed by atoms with van der Waals surface area (Å²) in [5.41, 5.74) is 1.11. The second kappa shape index (κ2) is 5.48. The Bertz CT molecular complexity index is 1030. The average molecular weight is 322 g/mol. The number of hydrogen-bond donors (Lipinski definition) is 0. The maximum absolute atomic E-state index is 14.1. The van der Waals surface area contributed by atoms with Crippen LogP contribution in [0.1, 0.15) is 0 Å². The molecule has 4 aromatic rings. The van der Waals surface area contributed by atoms with Crippen molar-refractivity contribution in [3.8, 4) is 21.8 Å². The van der Waals surface area contributed by atoms with Crippen molar-refractivity contribution in [2.45, 2.75) is 0 Å². The number of thiophene rings is 1. The summed E-state index contributed by atoms with van der Waals surface area (Å²) in [4.78, 5) is 13.7. The zero-order valence-corrected chi connectivity index (χ0v) is 12.8. The molecule has 0 aliphatic rings. The number of fused-ring (bicyclic) bond motifs is 1. The van der Waals surface area contributed by atoms with Crippen LogP contribution < -0.4 is 5.43 Å². The summed E-state index contributed by atoms with van der Waals surface area (Å²) in [6.45, 7) is 0. The quantitative estimate of drug-likeness (QED) is 0.499. The third-order valence-corrected chi connectivity index (χ3v) is 4.56.